The number of nitrogens with zero attached hydrogens (tertiary/aromatic N) is 2. The van der Waals surface area contributed by atoms with Gasteiger partial charge in [-0.3, -0.25) is 14.5 Å². The van der Waals surface area contributed by atoms with Crippen LogP contribution in [0.15, 0.2) is 30.3 Å². The predicted molar refractivity (Wildman–Crippen MR) is 87.6 cm³/mol. The van der Waals surface area contributed by atoms with Gasteiger partial charge in [-0.1, -0.05) is 51.1 Å². The fourth-order valence-electron chi connectivity index (χ4n) is 2.48. The Morgan fingerprint density at radius 2 is 1.59 bits per heavy atom. The average Bonchev–Trinajstić information content (AvgIpc) is 2.48. The Hall–Kier alpha value is -1.68. The van der Waals surface area contributed by atoms with Gasteiger partial charge in [0.15, 0.2) is 5.78 Å². The van der Waals surface area contributed by atoms with Crippen molar-refractivity contribution in [2.75, 3.05) is 32.7 Å². The summed E-state index contributed by atoms with van der Waals surface area (Å²) in [5, 5.41) is 0. The van der Waals surface area contributed by atoms with Gasteiger partial charge in [0.25, 0.3) is 0 Å². The second kappa shape index (κ2) is 7.05. The number of carbonyl (C=O) groups is 2. The van der Waals surface area contributed by atoms with Gasteiger partial charge in [0.2, 0.25) is 5.91 Å². The molecule has 4 heteroatoms. The van der Waals surface area contributed by atoms with E-state index in [2.05, 4.69) is 4.90 Å². The molecule has 0 N–H and O–H groups in total. The molecule has 0 saturated carbocycles. The summed E-state index contributed by atoms with van der Waals surface area (Å²) in [6.45, 7) is 9.33. The molecule has 120 valence electrons. The molecule has 0 atom stereocenters. The highest BCUT2D eigenvalue weighted by atomic mass is 16.2. The van der Waals surface area contributed by atoms with Crippen LogP contribution < -0.4 is 0 Å². The van der Waals surface area contributed by atoms with Crippen molar-refractivity contribution < 1.29 is 9.59 Å². The van der Waals surface area contributed by atoms with Gasteiger partial charge in [0, 0.05) is 31.6 Å². The number of carbonyl (C=O) groups excluding carboxylic acids is 2. The van der Waals surface area contributed by atoms with Crippen molar-refractivity contribution in [2.24, 2.45) is 5.41 Å². The molecular formula is C18H26N2O2. The Bertz CT molecular complexity index is 512. The van der Waals surface area contributed by atoms with E-state index >= 15 is 0 Å². The molecule has 1 aromatic rings. The number of amides is 1. The number of hydrogen-bond acceptors (Lipinski definition) is 3. The van der Waals surface area contributed by atoms with E-state index in [0.717, 1.165) is 18.7 Å². The van der Waals surface area contributed by atoms with E-state index in [9.17, 15) is 9.59 Å². The van der Waals surface area contributed by atoms with Crippen molar-refractivity contribution in [3.8, 4) is 0 Å². The number of Topliss-reactive ketones (excluding diaryl/α,β-unsaturated/α-hetero) is 1. The SMILES string of the molecule is CC(C)(C)C(=O)CN1CCN(C(=O)Cc2ccccc2)CC1. The van der Waals surface area contributed by atoms with Gasteiger partial charge in [-0.05, 0) is 5.56 Å². The molecule has 0 aliphatic carbocycles. The molecule has 0 unspecified atom stereocenters. The lowest BCUT2D eigenvalue weighted by molar-refractivity contribution is -0.133. The van der Waals surface area contributed by atoms with E-state index in [-0.39, 0.29) is 17.1 Å². The van der Waals surface area contributed by atoms with Gasteiger partial charge in [0.05, 0.1) is 13.0 Å². The van der Waals surface area contributed by atoms with Crippen LogP contribution in [0.3, 0.4) is 0 Å². The van der Waals surface area contributed by atoms with Crippen molar-refractivity contribution in [1.82, 2.24) is 9.80 Å². The maximum Gasteiger partial charge on any atom is 0.227 e. The third kappa shape index (κ3) is 4.67. The Balaban J connectivity index is 1.79. The summed E-state index contributed by atoms with van der Waals surface area (Å²) in [7, 11) is 0. The van der Waals surface area contributed by atoms with Crippen LogP contribution in [-0.4, -0.2) is 54.2 Å². The van der Waals surface area contributed by atoms with E-state index in [1.165, 1.54) is 0 Å². The second-order valence-electron chi connectivity index (χ2n) is 6.99. The first-order valence-electron chi connectivity index (χ1n) is 7.93. The molecule has 1 fully saturated rings. The lowest BCUT2D eigenvalue weighted by Crippen LogP contribution is -2.51. The van der Waals surface area contributed by atoms with Gasteiger partial charge < -0.3 is 4.90 Å². The summed E-state index contributed by atoms with van der Waals surface area (Å²) in [6, 6.07) is 9.84. The van der Waals surface area contributed by atoms with Crippen molar-refractivity contribution in [3.05, 3.63) is 35.9 Å². The topological polar surface area (TPSA) is 40.6 Å². The number of benzene rings is 1. The van der Waals surface area contributed by atoms with Crippen LogP contribution in [0, 0.1) is 5.41 Å². The van der Waals surface area contributed by atoms with Crippen LogP contribution in [0.1, 0.15) is 26.3 Å². The minimum absolute atomic E-state index is 0.174. The third-order valence-corrected chi connectivity index (χ3v) is 4.13. The van der Waals surface area contributed by atoms with Crippen LogP contribution in [0.2, 0.25) is 0 Å². The molecule has 1 amide bonds. The van der Waals surface area contributed by atoms with Crippen LogP contribution in [0.5, 0.6) is 0 Å². The van der Waals surface area contributed by atoms with Gasteiger partial charge >= 0.3 is 0 Å². The monoisotopic (exact) mass is 302 g/mol. The zero-order valence-electron chi connectivity index (χ0n) is 13.8. The molecular weight excluding hydrogens is 276 g/mol. The first-order valence-corrected chi connectivity index (χ1v) is 7.93. The molecule has 22 heavy (non-hydrogen) atoms. The predicted octanol–water partition coefficient (Wildman–Crippen LogP) is 1.99. The molecule has 1 aliphatic heterocycles. The Morgan fingerprint density at radius 3 is 2.14 bits per heavy atom. The Morgan fingerprint density at radius 1 is 1.00 bits per heavy atom. The number of rotatable bonds is 4. The maximum atomic E-state index is 12.3. The lowest BCUT2D eigenvalue weighted by Gasteiger charge is -2.35. The number of hydrogen-bond donors (Lipinski definition) is 0. The molecule has 2 rings (SSSR count). The smallest absolute Gasteiger partial charge is 0.227 e. The highest BCUT2D eigenvalue weighted by Crippen LogP contribution is 2.16. The fraction of sp³-hybridized carbons (Fsp3) is 0.556. The highest BCUT2D eigenvalue weighted by Gasteiger charge is 2.26. The summed E-state index contributed by atoms with van der Waals surface area (Å²) < 4.78 is 0. The van der Waals surface area contributed by atoms with Crippen LogP contribution in [-0.2, 0) is 16.0 Å². The van der Waals surface area contributed by atoms with E-state index in [1.807, 2.05) is 56.0 Å². The number of piperazine rings is 1. The van der Waals surface area contributed by atoms with Crippen LogP contribution in [0.25, 0.3) is 0 Å². The van der Waals surface area contributed by atoms with Gasteiger partial charge in [-0.2, -0.15) is 0 Å². The molecule has 1 aliphatic rings. The quantitative estimate of drug-likeness (QED) is 0.854. The summed E-state index contributed by atoms with van der Waals surface area (Å²) >= 11 is 0. The lowest BCUT2D eigenvalue weighted by atomic mass is 9.90. The van der Waals surface area contributed by atoms with Gasteiger partial charge in [0.1, 0.15) is 0 Å². The highest BCUT2D eigenvalue weighted by molar-refractivity contribution is 5.85. The van der Waals surface area contributed by atoms with Crippen molar-refractivity contribution in [1.29, 1.82) is 0 Å². The molecule has 1 heterocycles. The maximum absolute atomic E-state index is 12.3. The standard InChI is InChI=1S/C18H26N2O2/c1-18(2,3)16(21)14-19-9-11-20(12-10-19)17(22)13-15-7-5-4-6-8-15/h4-8H,9-14H2,1-3H3. The third-order valence-electron chi connectivity index (χ3n) is 4.13. The molecule has 0 aromatic heterocycles. The minimum Gasteiger partial charge on any atom is -0.340 e. The molecule has 0 radical (unpaired) electrons. The van der Waals surface area contributed by atoms with Crippen LogP contribution >= 0.6 is 0 Å². The Kier molecular flexibility index (Phi) is 5.35. The molecule has 1 aromatic carbocycles. The fourth-order valence-corrected chi connectivity index (χ4v) is 2.48. The summed E-state index contributed by atoms with van der Waals surface area (Å²) in [5.74, 6) is 0.435. The minimum atomic E-state index is -0.291. The number of ketones is 1. The molecule has 4 nitrogen and oxygen atoms in total. The van der Waals surface area contributed by atoms with E-state index in [1.54, 1.807) is 0 Å². The molecule has 1 saturated heterocycles. The first kappa shape index (κ1) is 16.7. The van der Waals surface area contributed by atoms with Crippen molar-refractivity contribution in [2.45, 2.75) is 27.2 Å². The summed E-state index contributed by atoms with van der Waals surface area (Å²) in [6.07, 6.45) is 0.460. The van der Waals surface area contributed by atoms with Gasteiger partial charge in [-0.25, -0.2) is 0 Å². The van der Waals surface area contributed by atoms with Crippen molar-refractivity contribution in [3.63, 3.8) is 0 Å². The molecule has 0 spiro atoms. The largest absolute Gasteiger partial charge is 0.340 e. The van der Waals surface area contributed by atoms with Crippen LogP contribution in [0.4, 0.5) is 0 Å². The average molecular weight is 302 g/mol. The zero-order valence-corrected chi connectivity index (χ0v) is 13.8. The molecule has 0 bridgehead atoms. The Labute approximate surface area is 133 Å². The summed E-state index contributed by atoms with van der Waals surface area (Å²) in [5.41, 5.74) is 0.762. The summed E-state index contributed by atoms with van der Waals surface area (Å²) in [4.78, 5) is 28.4. The normalized spacial score (nSPS) is 16.6. The van der Waals surface area contributed by atoms with E-state index in [0.29, 0.717) is 26.1 Å². The van der Waals surface area contributed by atoms with E-state index in [4.69, 9.17) is 0 Å². The second-order valence-corrected chi connectivity index (χ2v) is 6.99. The van der Waals surface area contributed by atoms with Crippen molar-refractivity contribution >= 4 is 11.7 Å². The van der Waals surface area contributed by atoms with E-state index < -0.39 is 0 Å². The van der Waals surface area contributed by atoms with Gasteiger partial charge in [-0.15, -0.1) is 0 Å². The first-order chi connectivity index (χ1) is 10.4. The zero-order chi connectivity index (χ0) is 16.2.